The molecule has 0 aromatic heterocycles. The summed E-state index contributed by atoms with van der Waals surface area (Å²) in [7, 11) is 0. The van der Waals surface area contributed by atoms with Gasteiger partial charge in [0.1, 0.15) is 0 Å². The minimum absolute atomic E-state index is 0.0612. The number of fused-ring (bicyclic) bond motifs is 3. The Balaban J connectivity index is 1.77. The van der Waals surface area contributed by atoms with Crippen LogP contribution in [0.25, 0.3) is 22.3 Å². The van der Waals surface area contributed by atoms with E-state index in [1.165, 1.54) is 56.9 Å². The van der Waals surface area contributed by atoms with E-state index in [4.69, 9.17) is 0 Å². The van der Waals surface area contributed by atoms with Crippen LogP contribution in [0.15, 0.2) is 60.7 Å². The predicted molar refractivity (Wildman–Crippen MR) is 164 cm³/mol. The molecule has 0 atom stereocenters. The van der Waals surface area contributed by atoms with Gasteiger partial charge >= 0.3 is 12.4 Å². The zero-order chi connectivity index (χ0) is 31.1. The second-order valence-electron chi connectivity index (χ2n) is 12.2. The van der Waals surface area contributed by atoms with Gasteiger partial charge in [-0.15, -0.1) is 0 Å². The molecule has 0 spiro atoms. The van der Waals surface area contributed by atoms with E-state index in [-0.39, 0.29) is 17.0 Å². The molecule has 0 aliphatic heterocycles. The molecule has 3 aromatic rings. The zero-order valence-corrected chi connectivity index (χ0v) is 25.4. The molecule has 0 N–H and O–H groups in total. The molecule has 0 unspecified atom stereocenters. The van der Waals surface area contributed by atoms with Gasteiger partial charge in [-0.1, -0.05) is 127 Å². The van der Waals surface area contributed by atoms with Crippen LogP contribution in [-0.2, 0) is 17.8 Å². The summed E-state index contributed by atoms with van der Waals surface area (Å²) in [6, 6.07) is 15.7. The molecule has 0 bridgehead atoms. The summed E-state index contributed by atoms with van der Waals surface area (Å²) >= 11 is 0. The summed E-state index contributed by atoms with van der Waals surface area (Å²) in [5.74, 6) is 0. The van der Waals surface area contributed by atoms with E-state index in [9.17, 15) is 26.3 Å². The standard InChI is InChI=1S/C37H44F6/c1-3-5-7-9-11-15-21-35(22-16-12-10-8-6-4-2)33-18-14-13-17-31(33)32-20-19-27(25-34(32)35)28-23-29(36(38,39)40)26-30(24-28)37(41,42)43/h13-14,17-20,23-26H,3-12,15-16,21-22H2,1-2H3. The third-order valence-electron chi connectivity index (χ3n) is 9.10. The van der Waals surface area contributed by atoms with Gasteiger partial charge in [-0.2, -0.15) is 26.3 Å². The largest absolute Gasteiger partial charge is 0.416 e. The van der Waals surface area contributed by atoms with E-state index < -0.39 is 23.5 Å². The summed E-state index contributed by atoms with van der Waals surface area (Å²) in [6.07, 6.45) is 5.86. The molecule has 1 aliphatic carbocycles. The SMILES string of the molecule is CCCCCCCCC1(CCCCCCCC)c2ccccc2-c2ccc(-c3cc(C(F)(F)F)cc(C(F)(F)F)c3)cc21. The van der Waals surface area contributed by atoms with Crippen LogP contribution in [-0.4, -0.2) is 0 Å². The van der Waals surface area contributed by atoms with E-state index in [0.29, 0.717) is 5.56 Å². The highest BCUT2D eigenvalue weighted by Gasteiger charge is 2.42. The van der Waals surface area contributed by atoms with Crippen molar-refractivity contribution in [1.29, 1.82) is 0 Å². The third kappa shape index (κ3) is 7.85. The highest BCUT2D eigenvalue weighted by Crippen LogP contribution is 2.55. The number of rotatable bonds is 15. The second kappa shape index (κ2) is 14.3. The lowest BCUT2D eigenvalue weighted by Gasteiger charge is -2.33. The van der Waals surface area contributed by atoms with Crippen molar-refractivity contribution in [3.63, 3.8) is 0 Å². The van der Waals surface area contributed by atoms with Crippen molar-refractivity contribution in [1.82, 2.24) is 0 Å². The van der Waals surface area contributed by atoms with Crippen LogP contribution in [0.2, 0.25) is 0 Å². The molecular weight excluding hydrogens is 558 g/mol. The lowest BCUT2D eigenvalue weighted by molar-refractivity contribution is -0.143. The van der Waals surface area contributed by atoms with Gasteiger partial charge in [-0.3, -0.25) is 0 Å². The Kier molecular flexibility index (Phi) is 11.1. The van der Waals surface area contributed by atoms with Gasteiger partial charge in [-0.05, 0) is 70.5 Å². The Morgan fingerprint density at radius 1 is 0.488 bits per heavy atom. The van der Waals surface area contributed by atoms with Crippen LogP contribution >= 0.6 is 0 Å². The molecular formula is C37H44F6. The highest BCUT2D eigenvalue weighted by molar-refractivity contribution is 5.84. The van der Waals surface area contributed by atoms with Crippen LogP contribution in [0.4, 0.5) is 26.3 Å². The molecule has 0 saturated carbocycles. The number of hydrogen-bond acceptors (Lipinski definition) is 0. The van der Waals surface area contributed by atoms with E-state index in [0.717, 1.165) is 67.3 Å². The molecule has 0 amide bonds. The number of benzene rings is 3. The van der Waals surface area contributed by atoms with Crippen molar-refractivity contribution < 1.29 is 26.3 Å². The fourth-order valence-corrected chi connectivity index (χ4v) is 6.83. The van der Waals surface area contributed by atoms with Gasteiger partial charge in [0.15, 0.2) is 0 Å². The molecule has 0 fully saturated rings. The predicted octanol–water partition coefficient (Wildman–Crippen LogP) is 13.2. The van der Waals surface area contributed by atoms with Gasteiger partial charge in [0.2, 0.25) is 0 Å². The molecule has 6 heteroatoms. The maximum Gasteiger partial charge on any atom is 0.416 e. The first kappa shape index (κ1) is 33.1. The minimum atomic E-state index is -4.89. The van der Waals surface area contributed by atoms with Gasteiger partial charge in [0, 0.05) is 5.41 Å². The summed E-state index contributed by atoms with van der Waals surface area (Å²) in [5.41, 5.74) is 1.89. The Labute approximate surface area is 252 Å². The molecule has 0 radical (unpaired) electrons. The van der Waals surface area contributed by atoms with Crippen molar-refractivity contribution in [2.45, 2.75) is 122 Å². The van der Waals surface area contributed by atoms with Crippen molar-refractivity contribution in [2.24, 2.45) is 0 Å². The monoisotopic (exact) mass is 602 g/mol. The fourth-order valence-electron chi connectivity index (χ4n) is 6.83. The van der Waals surface area contributed by atoms with Gasteiger partial charge in [-0.25, -0.2) is 0 Å². The third-order valence-corrected chi connectivity index (χ3v) is 9.10. The highest BCUT2D eigenvalue weighted by atomic mass is 19.4. The first-order valence-electron chi connectivity index (χ1n) is 16.1. The van der Waals surface area contributed by atoms with E-state index in [1.807, 2.05) is 24.3 Å². The molecule has 0 saturated heterocycles. The lowest BCUT2D eigenvalue weighted by atomic mass is 9.70. The van der Waals surface area contributed by atoms with Crippen molar-refractivity contribution >= 4 is 0 Å². The second-order valence-corrected chi connectivity index (χ2v) is 12.2. The van der Waals surface area contributed by atoms with Crippen LogP contribution in [0.1, 0.15) is 126 Å². The van der Waals surface area contributed by atoms with Crippen LogP contribution < -0.4 is 0 Å². The van der Waals surface area contributed by atoms with Crippen LogP contribution in [0.3, 0.4) is 0 Å². The maximum atomic E-state index is 13.7. The number of unbranched alkanes of at least 4 members (excludes halogenated alkanes) is 10. The van der Waals surface area contributed by atoms with Crippen LogP contribution in [0.5, 0.6) is 0 Å². The van der Waals surface area contributed by atoms with Gasteiger partial charge < -0.3 is 0 Å². The topological polar surface area (TPSA) is 0 Å². The molecule has 0 nitrogen and oxygen atoms in total. The first-order valence-corrected chi connectivity index (χ1v) is 16.1. The minimum Gasteiger partial charge on any atom is -0.166 e. The fraction of sp³-hybridized carbons (Fsp3) is 0.514. The molecule has 3 aromatic carbocycles. The Hall–Kier alpha value is -2.76. The summed E-state index contributed by atoms with van der Waals surface area (Å²) in [6.45, 7) is 4.39. The normalized spacial score (nSPS) is 14.1. The maximum absolute atomic E-state index is 13.7. The Morgan fingerprint density at radius 3 is 1.51 bits per heavy atom. The summed E-state index contributed by atoms with van der Waals surface area (Å²) < 4.78 is 82.2. The quantitative estimate of drug-likeness (QED) is 0.120. The van der Waals surface area contributed by atoms with E-state index in [1.54, 1.807) is 6.07 Å². The van der Waals surface area contributed by atoms with Gasteiger partial charge in [0.25, 0.3) is 0 Å². The van der Waals surface area contributed by atoms with Gasteiger partial charge in [0.05, 0.1) is 11.1 Å². The zero-order valence-electron chi connectivity index (χ0n) is 25.4. The molecule has 43 heavy (non-hydrogen) atoms. The summed E-state index contributed by atoms with van der Waals surface area (Å²) in [5, 5.41) is 0. The van der Waals surface area contributed by atoms with Crippen molar-refractivity contribution in [3.8, 4) is 22.3 Å². The molecule has 1 aliphatic rings. The van der Waals surface area contributed by atoms with E-state index >= 15 is 0 Å². The molecule has 0 heterocycles. The number of hydrogen-bond donors (Lipinski definition) is 0. The average Bonchev–Trinajstić information content (AvgIpc) is 3.25. The van der Waals surface area contributed by atoms with Crippen LogP contribution in [0, 0.1) is 0 Å². The number of alkyl halides is 6. The first-order chi connectivity index (χ1) is 20.5. The summed E-state index contributed by atoms with van der Waals surface area (Å²) in [4.78, 5) is 0. The number of halogens is 6. The molecule has 4 rings (SSSR count). The smallest absolute Gasteiger partial charge is 0.166 e. The Bertz CT molecular complexity index is 1290. The average molecular weight is 603 g/mol. The Morgan fingerprint density at radius 2 is 0.977 bits per heavy atom. The lowest BCUT2D eigenvalue weighted by Crippen LogP contribution is -2.25. The molecule has 234 valence electrons. The van der Waals surface area contributed by atoms with Crippen molar-refractivity contribution in [3.05, 3.63) is 82.9 Å². The van der Waals surface area contributed by atoms with Crippen molar-refractivity contribution in [2.75, 3.05) is 0 Å². The van der Waals surface area contributed by atoms with E-state index in [2.05, 4.69) is 26.0 Å².